The summed E-state index contributed by atoms with van der Waals surface area (Å²) >= 11 is 0. The van der Waals surface area contributed by atoms with Crippen LogP contribution in [0.15, 0.2) is 53.6 Å². The molecular formula is C44H61NO13. The molecule has 2 aliphatic heterocycles. The number of cyclic esters (lactones) is 1. The van der Waals surface area contributed by atoms with E-state index in [-0.39, 0.29) is 55.8 Å². The normalized spacial score (nSPS) is 36.6. The number of aliphatic hydroxyl groups excluding tert-OH is 3. The van der Waals surface area contributed by atoms with Crippen LogP contribution in [0.4, 0.5) is 0 Å². The van der Waals surface area contributed by atoms with Crippen LogP contribution in [0.3, 0.4) is 0 Å². The van der Waals surface area contributed by atoms with E-state index < -0.39 is 88.4 Å². The summed E-state index contributed by atoms with van der Waals surface area (Å²) in [5.41, 5.74) is -5.85. The molecule has 14 nitrogen and oxygen atoms in total. The molecular weight excluding hydrogens is 750 g/mol. The van der Waals surface area contributed by atoms with Crippen LogP contribution >= 0.6 is 0 Å². The van der Waals surface area contributed by atoms with Gasteiger partial charge in [0.05, 0.1) is 24.2 Å². The van der Waals surface area contributed by atoms with Crippen LogP contribution in [-0.2, 0) is 42.9 Å². The van der Waals surface area contributed by atoms with Crippen LogP contribution in [0, 0.1) is 10.8 Å². The van der Waals surface area contributed by atoms with Crippen LogP contribution in [0.2, 0.25) is 0 Å². The SMILES string of the molecule is CC(=O)O[C@@]12CO[C@@H]1C[C@H](O)[C@@](C)(C(=O)[C@H](O)C1=C(C)[C@@H]3C[C@@](O)([C@H](C)OC(=O)CCCC/C=C/CCCCC(=O)N[C@@H](c4ccccc4)[C@@H](O)C(=O)O3)C1(C)C)C2. The van der Waals surface area contributed by atoms with Crippen molar-refractivity contribution in [3.8, 4) is 0 Å². The highest BCUT2D eigenvalue weighted by molar-refractivity contribution is 5.92. The van der Waals surface area contributed by atoms with E-state index in [1.165, 1.54) is 20.8 Å². The van der Waals surface area contributed by atoms with Gasteiger partial charge in [0.15, 0.2) is 17.5 Å². The highest BCUT2D eigenvalue weighted by Crippen LogP contribution is 2.55. The fourth-order valence-corrected chi connectivity index (χ4v) is 9.37. The minimum Gasteiger partial charge on any atom is -0.460 e. The first-order chi connectivity index (χ1) is 27.3. The first-order valence-corrected chi connectivity index (χ1v) is 20.5. The van der Waals surface area contributed by atoms with Gasteiger partial charge in [-0.1, -0.05) is 56.3 Å². The zero-order valence-corrected chi connectivity index (χ0v) is 34.5. The Bertz CT molecular complexity index is 1760. The average Bonchev–Trinajstić information content (AvgIpc) is 3.16. The molecule has 0 spiro atoms. The van der Waals surface area contributed by atoms with Crippen molar-refractivity contribution >= 4 is 29.6 Å². The molecule has 2 fully saturated rings. The molecule has 58 heavy (non-hydrogen) atoms. The Hall–Kier alpha value is -3.95. The van der Waals surface area contributed by atoms with Gasteiger partial charge in [0, 0.05) is 44.4 Å². The number of hydrogen-bond acceptors (Lipinski definition) is 13. The minimum atomic E-state index is -2.07. The maximum atomic E-state index is 14.7. The van der Waals surface area contributed by atoms with Gasteiger partial charge in [-0.05, 0) is 76.0 Å². The van der Waals surface area contributed by atoms with Crippen molar-refractivity contribution in [1.29, 1.82) is 0 Å². The first kappa shape index (κ1) is 45.1. The van der Waals surface area contributed by atoms with E-state index in [4.69, 9.17) is 18.9 Å². The van der Waals surface area contributed by atoms with Crippen LogP contribution in [0.5, 0.6) is 0 Å². The lowest BCUT2D eigenvalue weighted by atomic mass is 9.55. The molecule has 2 aliphatic carbocycles. The largest absolute Gasteiger partial charge is 0.460 e. The molecule has 1 amide bonds. The Kier molecular flexibility index (Phi) is 14.1. The summed E-state index contributed by atoms with van der Waals surface area (Å²) in [5.74, 6) is -3.50. The van der Waals surface area contributed by atoms with E-state index in [9.17, 15) is 44.4 Å². The second kappa shape index (κ2) is 18.1. The van der Waals surface area contributed by atoms with Gasteiger partial charge in [0.25, 0.3) is 0 Å². The van der Waals surface area contributed by atoms with Crippen LogP contribution in [0.1, 0.15) is 124 Å². The number of nitrogens with one attached hydrogen (secondary N) is 1. The quantitative estimate of drug-likeness (QED) is 0.162. The molecule has 1 saturated heterocycles. The van der Waals surface area contributed by atoms with Gasteiger partial charge >= 0.3 is 17.9 Å². The van der Waals surface area contributed by atoms with E-state index in [2.05, 4.69) is 5.32 Å². The number of amides is 1. The number of rotatable bonds is 5. The molecule has 2 bridgehead atoms. The third-order valence-corrected chi connectivity index (χ3v) is 13.0. The van der Waals surface area contributed by atoms with Crippen molar-refractivity contribution in [1.82, 2.24) is 5.32 Å². The molecule has 5 rings (SSSR count). The predicted octanol–water partition coefficient (Wildman–Crippen LogP) is 4.01. The maximum Gasteiger partial charge on any atom is 0.338 e. The fourth-order valence-electron chi connectivity index (χ4n) is 9.37. The number of carbonyl (C=O) groups excluding carboxylic acids is 5. The smallest absolute Gasteiger partial charge is 0.338 e. The number of carbonyl (C=O) groups is 5. The topological polar surface area (TPSA) is 215 Å². The molecule has 4 aliphatic rings. The molecule has 5 N–H and O–H groups in total. The highest BCUT2D eigenvalue weighted by Gasteiger charge is 2.65. The molecule has 1 aromatic carbocycles. The van der Waals surface area contributed by atoms with Gasteiger partial charge in [-0.15, -0.1) is 0 Å². The van der Waals surface area contributed by atoms with Crippen molar-refractivity contribution in [2.75, 3.05) is 6.61 Å². The van der Waals surface area contributed by atoms with Crippen molar-refractivity contribution in [3.05, 3.63) is 59.2 Å². The molecule has 1 aromatic rings. The minimum absolute atomic E-state index is 0.000263. The zero-order chi connectivity index (χ0) is 42.6. The third kappa shape index (κ3) is 9.11. The molecule has 1 saturated carbocycles. The van der Waals surface area contributed by atoms with Crippen LogP contribution < -0.4 is 5.32 Å². The third-order valence-electron chi connectivity index (χ3n) is 13.0. The Morgan fingerprint density at radius 1 is 0.948 bits per heavy atom. The number of benzene rings is 1. The van der Waals surface area contributed by atoms with Crippen molar-refractivity contribution < 1.29 is 63.3 Å². The summed E-state index contributed by atoms with van der Waals surface area (Å²) in [5, 5.41) is 50.7. The fraction of sp³-hybridized carbons (Fsp3) is 0.659. The molecule has 320 valence electrons. The Balaban J connectivity index is 1.54. The van der Waals surface area contributed by atoms with E-state index in [0.717, 1.165) is 25.7 Å². The van der Waals surface area contributed by atoms with Gasteiger partial charge in [0.1, 0.15) is 30.0 Å². The number of esters is 3. The number of Topliss-reactive ketones (excluding diaryl/α,β-unsaturated/α-hetero) is 1. The van der Waals surface area contributed by atoms with Gasteiger partial charge in [-0.3, -0.25) is 19.2 Å². The highest BCUT2D eigenvalue weighted by atomic mass is 16.6. The predicted molar refractivity (Wildman–Crippen MR) is 209 cm³/mol. The number of fused-ring (bicyclic) bond motifs is 3. The Morgan fingerprint density at radius 3 is 2.19 bits per heavy atom. The summed E-state index contributed by atoms with van der Waals surface area (Å²) in [6, 6.07) is 7.26. The average molecular weight is 812 g/mol. The lowest BCUT2D eigenvalue weighted by molar-refractivity contribution is -0.291. The molecule has 0 aromatic heterocycles. The number of allylic oxidation sites excluding steroid dienone is 2. The van der Waals surface area contributed by atoms with Crippen LogP contribution in [0.25, 0.3) is 0 Å². The molecule has 2 heterocycles. The number of hydrogen-bond donors (Lipinski definition) is 5. The van der Waals surface area contributed by atoms with E-state index in [0.29, 0.717) is 18.4 Å². The summed E-state index contributed by atoms with van der Waals surface area (Å²) < 4.78 is 23.1. The molecule has 14 heteroatoms. The summed E-state index contributed by atoms with van der Waals surface area (Å²) in [7, 11) is 0. The van der Waals surface area contributed by atoms with Gasteiger partial charge < -0.3 is 44.7 Å². The molecule has 0 unspecified atom stereocenters. The van der Waals surface area contributed by atoms with Crippen molar-refractivity contribution in [3.63, 3.8) is 0 Å². The van der Waals surface area contributed by atoms with E-state index >= 15 is 0 Å². The van der Waals surface area contributed by atoms with Gasteiger partial charge in [0.2, 0.25) is 5.91 Å². The summed E-state index contributed by atoms with van der Waals surface area (Å²) in [6.45, 7) is 8.94. The van der Waals surface area contributed by atoms with Crippen LogP contribution in [-0.4, -0.2) is 104 Å². The first-order valence-electron chi connectivity index (χ1n) is 20.5. The standard InChI is InChI=1S/C44H61NO13/c1-26-30-23-44(54,41(4,5)35(26)37(50)39(52)42(6)24-43(58-28(3)46)25-55-32(43)22-31(42)47)27(2)56-34(49)21-17-12-10-8-7-9-11-16-20-33(48)45-36(38(51)40(53)57-30)29-18-14-13-15-19-29/h7-8,13-15,18-19,27,30-32,36-38,47,50-51,54H,9-12,16-17,20-25H2,1-6H3,(H,45,48)/b8-7+/t27-,30-,31-,32+,36-,37+,38+,42-,43-,44+/m0/s1. The van der Waals surface area contributed by atoms with E-state index in [1.54, 1.807) is 51.1 Å². The number of ether oxygens (including phenoxy) is 4. The molecule has 10 atom stereocenters. The lowest BCUT2D eigenvalue weighted by Gasteiger charge is -2.57. The van der Waals surface area contributed by atoms with Gasteiger partial charge in [-0.25, -0.2) is 4.79 Å². The second-order valence-electron chi connectivity index (χ2n) is 17.3. The van der Waals surface area contributed by atoms with Crippen molar-refractivity contribution in [2.24, 2.45) is 10.8 Å². The molecule has 0 radical (unpaired) electrons. The zero-order valence-electron chi connectivity index (χ0n) is 34.5. The summed E-state index contributed by atoms with van der Waals surface area (Å²) in [4.78, 5) is 67.2. The van der Waals surface area contributed by atoms with Gasteiger partial charge in [-0.2, -0.15) is 0 Å². The number of aliphatic hydroxyl groups is 4. The Morgan fingerprint density at radius 2 is 1.59 bits per heavy atom. The monoisotopic (exact) mass is 811 g/mol. The lowest BCUT2D eigenvalue weighted by Crippen LogP contribution is -2.70. The number of ketones is 1. The Labute approximate surface area is 340 Å². The second-order valence-corrected chi connectivity index (χ2v) is 17.3. The van der Waals surface area contributed by atoms with Crippen molar-refractivity contribution in [2.45, 2.75) is 166 Å². The van der Waals surface area contributed by atoms with E-state index in [1.807, 2.05) is 12.2 Å². The maximum absolute atomic E-state index is 14.7. The summed E-state index contributed by atoms with van der Waals surface area (Å²) in [6.07, 6.45) is -0.682.